The molecule has 5 heteroatoms. The van der Waals surface area contributed by atoms with E-state index in [1.807, 2.05) is 6.92 Å². The summed E-state index contributed by atoms with van der Waals surface area (Å²) in [5, 5.41) is 12.2. The Morgan fingerprint density at radius 3 is 2.55 bits per heavy atom. The molecular formula is C15H26N2O3. The number of amides is 2. The zero-order valence-corrected chi connectivity index (χ0v) is 12.7. The Bertz CT molecular complexity index is 395. The molecule has 1 heterocycles. The Kier molecular flexibility index (Phi) is 4.25. The van der Waals surface area contributed by atoms with E-state index in [1.54, 1.807) is 4.90 Å². The third kappa shape index (κ3) is 3.44. The smallest absolute Gasteiger partial charge is 0.317 e. The van der Waals surface area contributed by atoms with Crippen molar-refractivity contribution in [3.63, 3.8) is 0 Å². The summed E-state index contributed by atoms with van der Waals surface area (Å²) in [7, 11) is 0. The SMILES string of the molecule is C[C@@H]1CN(C(=O)NC2CCCC(C)(C)C2)C[C@H]1C(=O)O. The first kappa shape index (κ1) is 15.1. The summed E-state index contributed by atoms with van der Waals surface area (Å²) < 4.78 is 0. The molecule has 0 radical (unpaired) electrons. The van der Waals surface area contributed by atoms with E-state index < -0.39 is 11.9 Å². The van der Waals surface area contributed by atoms with Gasteiger partial charge in [-0.1, -0.05) is 27.2 Å². The number of hydrogen-bond acceptors (Lipinski definition) is 2. The number of nitrogens with zero attached hydrogens (tertiary/aromatic N) is 1. The third-order valence-corrected chi connectivity index (χ3v) is 4.75. The minimum absolute atomic E-state index is 0.0287. The second-order valence-electron chi connectivity index (χ2n) is 7.23. The molecule has 2 aliphatic rings. The van der Waals surface area contributed by atoms with Gasteiger partial charge in [0.05, 0.1) is 5.92 Å². The molecule has 0 spiro atoms. The molecule has 1 aliphatic carbocycles. The Hall–Kier alpha value is -1.26. The molecule has 0 bridgehead atoms. The molecule has 1 unspecified atom stereocenters. The van der Waals surface area contributed by atoms with Crippen molar-refractivity contribution < 1.29 is 14.7 Å². The fourth-order valence-corrected chi connectivity index (χ4v) is 3.54. The van der Waals surface area contributed by atoms with Gasteiger partial charge in [0.15, 0.2) is 0 Å². The van der Waals surface area contributed by atoms with E-state index in [0.29, 0.717) is 13.1 Å². The molecule has 20 heavy (non-hydrogen) atoms. The van der Waals surface area contributed by atoms with Crippen LogP contribution in [0.3, 0.4) is 0 Å². The molecule has 0 aromatic heterocycles. The van der Waals surface area contributed by atoms with Gasteiger partial charge in [-0.3, -0.25) is 4.79 Å². The summed E-state index contributed by atoms with van der Waals surface area (Å²) in [6.07, 6.45) is 4.39. The minimum atomic E-state index is -0.799. The molecule has 3 atom stereocenters. The maximum Gasteiger partial charge on any atom is 0.317 e. The standard InChI is InChI=1S/C15H26N2O3/c1-10-8-17(9-12(10)13(18)19)14(20)16-11-5-4-6-15(2,3)7-11/h10-12H,4-9H2,1-3H3,(H,16,20)(H,18,19)/t10-,11?,12-/m1/s1. The van der Waals surface area contributed by atoms with Crippen LogP contribution >= 0.6 is 0 Å². The third-order valence-electron chi connectivity index (χ3n) is 4.75. The van der Waals surface area contributed by atoms with Crippen molar-refractivity contribution in [1.82, 2.24) is 10.2 Å². The van der Waals surface area contributed by atoms with Crippen molar-refractivity contribution in [1.29, 1.82) is 0 Å². The van der Waals surface area contributed by atoms with Gasteiger partial charge < -0.3 is 15.3 Å². The van der Waals surface area contributed by atoms with Gasteiger partial charge in [0, 0.05) is 19.1 Å². The normalized spacial score (nSPS) is 33.0. The lowest BCUT2D eigenvalue weighted by atomic mass is 9.75. The number of hydrogen-bond donors (Lipinski definition) is 2. The van der Waals surface area contributed by atoms with Gasteiger partial charge in [-0.15, -0.1) is 0 Å². The van der Waals surface area contributed by atoms with Crippen LogP contribution in [0, 0.1) is 17.3 Å². The second kappa shape index (κ2) is 5.62. The monoisotopic (exact) mass is 282 g/mol. The van der Waals surface area contributed by atoms with E-state index in [4.69, 9.17) is 5.11 Å². The van der Waals surface area contributed by atoms with Gasteiger partial charge in [0.1, 0.15) is 0 Å². The van der Waals surface area contributed by atoms with E-state index in [0.717, 1.165) is 19.3 Å². The van der Waals surface area contributed by atoms with Crippen LogP contribution in [-0.4, -0.2) is 41.1 Å². The predicted molar refractivity (Wildman–Crippen MR) is 76.4 cm³/mol. The summed E-state index contributed by atoms with van der Waals surface area (Å²) in [6.45, 7) is 7.25. The molecule has 1 saturated carbocycles. The van der Waals surface area contributed by atoms with E-state index >= 15 is 0 Å². The second-order valence-corrected chi connectivity index (χ2v) is 7.23. The molecule has 1 saturated heterocycles. The van der Waals surface area contributed by atoms with E-state index in [2.05, 4.69) is 19.2 Å². The van der Waals surface area contributed by atoms with Gasteiger partial charge in [0.2, 0.25) is 0 Å². The number of aliphatic carboxylic acids is 1. The Morgan fingerprint density at radius 1 is 1.30 bits per heavy atom. The van der Waals surface area contributed by atoms with Crippen molar-refractivity contribution in [3.8, 4) is 0 Å². The summed E-state index contributed by atoms with van der Waals surface area (Å²) in [5.74, 6) is -1.20. The number of carbonyl (C=O) groups is 2. The molecule has 0 aromatic carbocycles. The molecule has 2 N–H and O–H groups in total. The van der Waals surface area contributed by atoms with E-state index in [9.17, 15) is 9.59 Å². The first-order chi connectivity index (χ1) is 9.28. The van der Waals surface area contributed by atoms with E-state index in [-0.39, 0.29) is 23.4 Å². The highest BCUT2D eigenvalue weighted by Crippen LogP contribution is 2.35. The quantitative estimate of drug-likeness (QED) is 0.816. The Balaban J connectivity index is 1.88. The minimum Gasteiger partial charge on any atom is -0.481 e. The van der Waals surface area contributed by atoms with Crippen LogP contribution in [0.25, 0.3) is 0 Å². The highest BCUT2D eigenvalue weighted by Gasteiger charge is 2.38. The largest absolute Gasteiger partial charge is 0.481 e. The van der Waals surface area contributed by atoms with Crippen LogP contribution in [0.15, 0.2) is 0 Å². The lowest BCUT2D eigenvalue weighted by Gasteiger charge is -2.36. The lowest BCUT2D eigenvalue weighted by Crippen LogP contribution is -2.46. The first-order valence-corrected chi connectivity index (χ1v) is 7.57. The van der Waals surface area contributed by atoms with Crippen LogP contribution in [0.5, 0.6) is 0 Å². The molecule has 0 aromatic rings. The molecular weight excluding hydrogens is 256 g/mol. The molecule has 2 fully saturated rings. The van der Waals surface area contributed by atoms with Gasteiger partial charge in [-0.05, 0) is 30.6 Å². The summed E-state index contributed by atoms with van der Waals surface area (Å²) in [4.78, 5) is 25.0. The van der Waals surface area contributed by atoms with Gasteiger partial charge in [0.25, 0.3) is 0 Å². The highest BCUT2D eigenvalue weighted by atomic mass is 16.4. The highest BCUT2D eigenvalue weighted by molar-refractivity contribution is 5.77. The van der Waals surface area contributed by atoms with Crippen molar-refractivity contribution >= 4 is 12.0 Å². The van der Waals surface area contributed by atoms with Crippen molar-refractivity contribution in [2.45, 2.75) is 52.5 Å². The molecule has 114 valence electrons. The Labute approximate surface area is 120 Å². The van der Waals surface area contributed by atoms with Crippen LogP contribution in [0.4, 0.5) is 4.79 Å². The number of carboxylic acid groups (broad SMARTS) is 1. The number of carboxylic acids is 1. The first-order valence-electron chi connectivity index (χ1n) is 7.57. The number of urea groups is 1. The summed E-state index contributed by atoms with van der Waals surface area (Å²) in [6, 6.07) is 0.133. The maximum atomic E-state index is 12.3. The Morgan fingerprint density at radius 2 is 2.00 bits per heavy atom. The topological polar surface area (TPSA) is 69.6 Å². The molecule has 2 amide bonds. The number of nitrogens with one attached hydrogen (secondary N) is 1. The van der Waals surface area contributed by atoms with E-state index in [1.165, 1.54) is 6.42 Å². The van der Waals surface area contributed by atoms with Gasteiger partial charge >= 0.3 is 12.0 Å². The maximum absolute atomic E-state index is 12.3. The van der Waals surface area contributed by atoms with Crippen molar-refractivity contribution in [2.75, 3.05) is 13.1 Å². The lowest BCUT2D eigenvalue weighted by molar-refractivity contribution is -0.142. The van der Waals surface area contributed by atoms with Crippen LogP contribution < -0.4 is 5.32 Å². The van der Waals surface area contributed by atoms with Crippen molar-refractivity contribution in [2.24, 2.45) is 17.3 Å². The predicted octanol–water partition coefficient (Wildman–Crippen LogP) is 2.32. The van der Waals surface area contributed by atoms with Crippen LogP contribution in [-0.2, 0) is 4.79 Å². The number of likely N-dealkylation sites (tertiary alicyclic amines) is 1. The summed E-state index contributed by atoms with van der Waals surface area (Å²) in [5.41, 5.74) is 0.290. The van der Waals surface area contributed by atoms with Gasteiger partial charge in [-0.2, -0.15) is 0 Å². The molecule has 1 aliphatic heterocycles. The van der Waals surface area contributed by atoms with Crippen LogP contribution in [0.1, 0.15) is 46.5 Å². The fourth-order valence-electron chi connectivity index (χ4n) is 3.54. The van der Waals surface area contributed by atoms with Crippen LogP contribution in [0.2, 0.25) is 0 Å². The molecule has 5 nitrogen and oxygen atoms in total. The zero-order valence-electron chi connectivity index (χ0n) is 12.7. The average Bonchev–Trinajstić information content (AvgIpc) is 2.70. The number of carbonyl (C=O) groups excluding carboxylic acids is 1. The fraction of sp³-hybridized carbons (Fsp3) is 0.867. The zero-order chi connectivity index (χ0) is 14.9. The van der Waals surface area contributed by atoms with Gasteiger partial charge in [-0.25, -0.2) is 4.79 Å². The average molecular weight is 282 g/mol. The molecule has 2 rings (SSSR count). The van der Waals surface area contributed by atoms with Crippen molar-refractivity contribution in [3.05, 3.63) is 0 Å². The summed E-state index contributed by atoms with van der Waals surface area (Å²) >= 11 is 0. The number of rotatable bonds is 2.